The molecule has 0 spiro atoms. The summed E-state index contributed by atoms with van der Waals surface area (Å²) < 4.78 is 19.2. The molecule has 1 N–H and O–H groups in total. The van der Waals surface area contributed by atoms with Crippen LogP contribution in [0.4, 0.5) is 4.39 Å². The molecule has 1 saturated carbocycles. The van der Waals surface area contributed by atoms with E-state index in [1.807, 2.05) is 12.1 Å². The van der Waals surface area contributed by atoms with Crippen LogP contribution in [0.25, 0.3) is 0 Å². The van der Waals surface area contributed by atoms with Crippen LogP contribution in [0.15, 0.2) is 24.3 Å². The lowest BCUT2D eigenvalue weighted by molar-refractivity contribution is -0.00960. The molecule has 0 saturated heterocycles. The number of hydrogen-bond donors (Lipinski definition) is 1. The molecule has 106 valence electrons. The molecule has 1 aliphatic carbocycles. The smallest absolute Gasteiger partial charge is 0.123 e. The summed E-state index contributed by atoms with van der Waals surface area (Å²) in [4.78, 5) is 0. The predicted molar refractivity (Wildman–Crippen MR) is 75.6 cm³/mol. The molecule has 2 rings (SSSR count). The van der Waals surface area contributed by atoms with Crippen LogP contribution in [0.2, 0.25) is 0 Å². The maximum absolute atomic E-state index is 13.0. The van der Waals surface area contributed by atoms with Crippen molar-refractivity contribution in [2.75, 3.05) is 6.54 Å². The van der Waals surface area contributed by atoms with Crippen molar-refractivity contribution < 1.29 is 9.13 Å². The molecular weight excluding hydrogens is 241 g/mol. The minimum atomic E-state index is -0.194. The van der Waals surface area contributed by atoms with Gasteiger partial charge in [0.2, 0.25) is 0 Å². The molecule has 0 amide bonds. The summed E-state index contributed by atoms with van der Waals surface area (Å²) in [5.41, 5.74) is 1.06. The summed E-state index contributed by atoms with van der Waals surface area (Å²) in [7, 11) is 0. The predicted octanol–water partition coefficient (Wildman–Crippen LogP) is 3.82. The van der Waals surface area contributed by atoms with Crippen LogP contribution < -0.4 is 5.32 Å². The van der Waals surface area contributed by atoms with Gasteiger partial charge in [-0.15, -0.1) is 0 Å². The van der Waals surface area contributed by atoms with Crippen LogP contribution in [-0.4, -0.2) is 18.7 Å². The number of ether oxygens (including phenoxy) is 1. The van der Waals surface area contributed by atoms with E-state index in [0.29, 0.717) is 12.1 Å². The van der Waals surface area contributed by atoms with E-state index in [-0.39, 0.29) is 11.9 Å². The average molecular weight is 265 g/mol. The standard InChI is InChI=1S/C16H24FNO/c1-12(2)18-11-16(19-15-5-3-4-6-15)13-7-9-14(17)10-8-13/h7-10,12,15-16,18H,3-6,11H2,1-2H3. The molecule has 1 atom stereocenters. The number of nitrogens with one attached hydrogen (secondary N) is 1. The molecule has 19 heavy (non-hydrogen) atoms. The Hall–Kier alpha value is -0.930. The highest BCUT2D eigenvalue weighted by Gasteiger charge is 2.21. The largest absolute Gasteiger partial charge is 0.369 e. The zero-order valence-electron chi connectivity index (χ0n) is 11.9. The zero-order chi connectivity index (χ0) is 13.7. The van der Waals surface area contributed by atoms with Gasteiger partial charge in [0.1, 0.15) is 5.82 Å². The number of rotatable bonds is 6. The van der Waals surface area contributed by atoms with Gasteiger partial charge in [0.05, 0.1) is 12.2 Å². The van der Waals surface area contributed by atoms with Crippen molar-refractivity contribution in [3.8, 4) is 0 Å². The molecule has 1 unspecified atom stereocenters. The van der Waals surface area contributed by atoms with E-state index in [9.17, 15) is 4.39 Å². The van der Waals surface area contributed by atoms with Crippen molar-refractivity contribution in [3.63, 3.8) is 0 Å². The molecule has 0 aromatic heterocycles. The van der Waals surface area contributed by atoms with E-state index in [1.54, 1.807) is 0 Å². The molecule has 0 bridgehead atoms. The number of benzene rings is 1. The van der Waals surface area contributed by atoms with Gasteiger partial charge in [-0.05, 0) is 30.5 Å². The van der Waals surface area contributed by atoms with Crippen LogP contribution in [0.5, 0.6) is 0 Å². The lowest BCUT2D eigenvalue weighted by Gasteiger charge is -2.24. The summed E-state index contributed by atoms with van der Waals surface area (Å²) in [6.07, 6.45) is 5.21. The van der Waals surface area contributed by atoms with Gasteiger partial charge in [-0.2, -0.15) is 0 Å². The Bertz CT molecular complexity index is 371. The highest BCUT2D eigenvalue weighted by molar-refractivity contribution is 5.19. The van der Waals surface area contributed by atoms with Crippen molar-refractivity contribution in [1.29, 1.82) is 0 Å². The van der Waals surface area contributed by atoms with Gasteiger partial charge in [-0.3, -0.25) is 0 Å². The molecule has 3 heteroatoms. The molecule has 1 fully saturated rings. The third-order valence-corrected chi connectivity index (χ3v) is 3.61. The monoisotopic (exact) mass is 265 g/mol. The van der Waals surface area contributed by atoms with Crippen LogP contribution in [0.1, 0.15) is 51.2 Å². The van der Waals surface area contributed by atoms with Crippen LogP contribution in [0, 0.1) is 5.82 Å². The first-order valence-electron chi connectivity index (χ1n) is 7.29. The average Bonchev–Trinajstić information content (AvgIpc) is 2.88. The first kappa shape index (κ1) is 14.5. The van der Waals surface area contributed by atoms with Gasteiger partial charge < -0.3 is 10.1 Å². The van der Waals surface area contributed by atoms with Crippen molar-refractivity contribution in [1.82, 2.24) is 5.32 Å². The maximum Gasteiger partial charge on any atom is 0.123 e. The fourth-order valence-corrected chi connectivity index (χ4v) is 2.52. The molecule has 0 radical (unpaired) electrons. The van der Waals surface area contributed by atoms with Gasteiger partial charge in [0.25, 0.3) is 0 Å². The van der Waals surface area contributed by atoms with Crippen molar-refractivity contribution >= 4 is 0 Å². The van der Waals surface area contributed by atoms with E-state index in [2.05, 4.69) is 19.2 Å². The van der Waals surface area contributed by atoms with E-state index >= 15 is 0 Å². The quantitative estimate of drug-likeness (QED) is 0.844. The van der Waals surface area contributed by atoms with Crippen LogP contribution >= 0.6 is 0 Å². The normalized spacial score (nSPS) is 18.1. The second-order valence-electron chi connectivity index (χ2n) is 5.65. The number of halogens is 1. The summed E-state index contributed by atoms with van der Waals surface area (Å²) in [6.45, 7) is 5.02. The molecule has 0 aliphatic heterocycles. The fraction of sp³-hybridized carbons (Fsp3) is 0.625. The van der Waals surface area contributed by atoms with E-state index in [1.165, 1.54) is 25.0 Å². The van der Waals surface area contributed by atoms with Gasteiger partial charge in [-0.1, -0.05) is 38.8 Å². The highest BCUT2D eigenvalue weighted by atomic mass is 19.1. The summed E-state index contributed by atoms with van der Waals surface area (Å²) in [5, 5.41) is 3.41. The Morgan fingerprint density at radius 2 is 1.84 bits per heavy atom. The fourth-order valence-electron chi connectivity index (χ4n) is 2.52. The zero-order valence-corrected chi connectivity index (χ0v) is 11.9. The first-order chi connectivity index (χ1) is 9.15. The van der Waals surface area contributed by atoms with E-state index in [0.717, 1.165) is 24.9 Å². The summed E-state index contributed by atoms with van der Waals surface area (Å²) in [6, 6.07) is 7.11. The van der Waals surface area contributed by atoms with Gasteiger partial charge in [0, 0.05) is 12.6 Å². The van der Waals surface area contributed by atoms with Gasteiger partial charge in [0.15, 0.2) is 0 Å². The topological polar surface area (TPSA) is 21.3 Å². The summed E-state index contributed by atoms with van der Waals surface area (Å²) >= 11 is 0. The lowest BCUT2D eigenvalue weighted by atomic mass is 10.1. The van der Waals surface area contributed by atoms with Crippen molar-refractivity contribution in [2.45, 2.75) is 57.8 Å². The van der Waals surface area contributed by atoms with E-state index < -0.39 is 0 Å². The third-order valence-electron chi connectivity index (χ3n) is 3.61. The molecule has 1 aromatic carbocycles. The molecule has 2 nitrogen and oxygen atoms in total. The Morgan fingerprint density at radius 3 is 2.42 bits per heavy atom. The number of hydrogen-bond acceptors (Lipinski definition) is 2. The SMILES string of the molecule is CC(C)NCC(OC1CCCC1)c1ccc(F)cc1. The lowest BCUT2D eigenvalue weighted by Crippen LogP contribution is -2.30. The van der Waals surface area contributed by atoms with Crippen LogP contribution in [-0.2, 0) is 4.74 Å². The second-order valence-corrected chi connectivity index (χ2v) is 5.65. The highest BCUT2D eigenvalue weighted by Crippen LogP contribution is 2.27. The Balaban J connectivity index is 2.01. The van der Waals surface area contributed by atoms with Gasteiger partial charge >= 0.3 is 0 Å². The summed E-state index contributed by atoms with van der Waals surface area (Å²) in [5.74, 6) is -0.194. The second kappa shape index (κ2) is 7.01. The Labute approximate surface area is 115 Å². The minimum absolute atomic E-state index is 0.0195. The molecular formula is C16H24FNO. The third kappa shape index (κ3) is 4.59. The van der Waals surface area contributed by atoms with Crippen LogP contribution in [0.3, 0.4) is 0 Å². The van der Waals surface area contributed by atoms with E-state index in [4.69, 9.17) is 4.74 Å². The molecule has 1 aromatic rings. The Morgan fingerprint density at radius 1 is 1.21 bits per heavy atom. The van der Waals surface area contributed by atoms with Crippen molar-refractivity contribution in [2.24, 2.45) is 0 Å². The first-order valence-corrected chi connectivity index (χ1v) is 7.29. The minimum Gasteiger partial charge on any atom is -0.369 e. The van der Waals surface area contributed by atoms with Crippen molar-refractivity contribution in [3.05, 3.63) is 35.6 Å². The molecule has 1 aliphatic rings. The maximum atomic E-state index is 13.0. The van der Waals surface area contributed by atoms with Gasteiger partial charge in [-0.25, -0.2) is 4.39 Å². The Kier molecular flexibility index (Phi) is 5.34. The molecule has 0 heterocycles.